The van der Waals surface area contributed by atoms with Crippen molar-refractivity contribution in [1.82, 2.24) is 9.97 Å². The molecule has 19 heavy (non-hydrogen) atoms. The maximum Gasteiger partial charge on any atom is 0.312 e. The van der Waals surface area contributed by atoms with Crippen molar-refractivity contribution in [2.75, 3.05) is 5.32 Å². The average Bonchev–Trinajstić information content (AvgIpc) is 2.38. The van der Waals surface area contributed by atoms with Crippen molar-refractivity contribution in [2.45, 2.75) is 13.5 Å². The molecule has 0 saturated heterocycles. The Bertz CT molecular complexity index is 618. The molecule has 98 valence electrons. The monoisotopic (exact) mass is 278 g/mol. The quantitative estimate of drug-likeness (QED) is 0.687. The molecule has 2 rings (SSSR count). The van der Waals surface area contributed by atoms with Crippen molar-refractivity contribution in [3.8, 4) is 0 Å². The van der Waals surface area contributed by atoms with E-state index in [9.17, 15) is 10.1 Å². The lowest BCUT2D eigenvalue weighted by atomic mass is 10.2. The van der Waals surface area contributed by atoms with E-state index in [1.807, 2.05) is 19.1 Å². The van der Waals surface area contributed by atoms with Gasteiger partial charge in [-0.1, -0.05) is 17.7 Å². The van der Waals surface area contributed by atoms with Gasteiger partial charge < -0.3 is 5.32 Å². The lowest BCUT2D eigenvalue weighted by Gasteiger charge is -2.07. The maximum absolute atomic E-state index is 10.9. The van der Waals surface area contributed by atoms with Crippen molar-refractivity contribution >= 4 is 23.1 Å². The summed E-state index contributed by atoms with van der Waals surface area (Å²) in [5.74, 6) is 0.180. The van der Waals surface area contributed by atoms with E-state index < -0.39 is 4.92 Å². The van der Waals surface area contributed by atoms with E-state index >= 15 is 0 Å². The number of aromatic nitrogens is 2. The van der Waals surface area contributed by atoms with Gasteiger partial charge in [0, 0.05) is 18.5 Å². The predicted octanol–water partition coefficient (Wildman–Crippen LogP) is 2.96. The second kappa shape index (κ2) is 5.62. The Morgan fingerprint density at radius 1 is 1.47 bits per heavy atom. The summed E-state index contributed by atoms with van der Waals surface area (Å²) in [5.41, 5.74) is 1.67. The van der Waals surface area contributed by atoms with Gasteiger partial charge in [-0.3, -0.25) is 15.1 Å². The topological polar surface area (TPSA) is 81.0 Å². The number of nitrogens with one attached hydrogen (secondary N) is 1. The number of aryl methyl sites for hydroxylation is 1. The largest absolute Gasteiger partial charge is 0.359 e. The highest BCUT2D eigenvalue weighted by Gasteiger charge is 2.16. The smallest absolute Gasteiger partial charge is 0.312 e. The van der Waals surface area contributed by atoms with E-state index in [1.165, 1.54) is 12.3 Å². The molecular weight excluding hydrogens is 268 g/mol. The van der Waals surface area contributed by atoms with Crippen molar-refractivity contribution in [3.05, 3.63) is 57.0 Å². The normalized spacial score (nSPS) is 10.2. The Morgan fingerprint density at radius 3 is 2.95 bits per heavy atom. The van der Waals surface area contributed by atoms with Crippen molar-refractivity contribution < 1.29 is 4.92 Å². The third-order valence-electron chi connectivity index (χ3n) is 2.57. The van der Waals surface area contributed by atoms with Crippen LogP contribution in [0.2, 0.25) is 5.02 Å². The molecule has 0 aliphatic carbocycles. The molecule has 0 amide bonds. The second-order valence-corrected chi connectivity index (χ2v) is 4.34. The zero-order chi connectivity index (χ0) is 13.8. The summed E-state index contributed by atoms with van der Waals surface area (Å²) < 4.78 is 0. The molecule has 6 nitrogen and oxygen atoms in total. The molecule has 0 aliphatic rings. The minimum atomic E-state index is -0.521. The number of nitrogens with zero attached hydrogens (tertiary/aromatic N) is 3. The van der Waals surface area contributed by atoms with E-state index in [2.05, 4.69) is 15.3 Å². The third-order valence-corrected chi connectivity index (χ3v) is 2.78. The first-order valence-electron chi connectivity index (χ1n) is 5.52. The molecule has 2 aromatic heterocycles. The summed E-state index contributed by atoms with van der Waals surface area (Å²) in [6, 6.07) is 5.03. The van der Waals surface area contributed by atoms with Crippen LogP contribution in [0.1, 0.15) is 11.3 Å². The number of hydrogen-bond donors (Lipinski definition) is 1. The highest BCUT2D eigenvalue weighted by Crippen LogP contribution is 2.25. The van der Waals surface area contributed by atoms with E-state index in [0.29, 0.717) is 6.54 Å². The van der Waals surface area contributed by atoms with Gasteiger partial charge in [0.05, 0.1) is 22.2 Å². The summed E-state index contributed by atoms with van der Waals surface area (Å²) in [7, 11) is 0. The molecule has 7 heteroatoms. The van der Waals surface area contributed by atoms with Crippen molar-refractivity contribution in [3.63, 3.8) is 0 Å². The molecular formula is C12H11ClN4O2. The maximum atomic E-state index is 10.9. The summed E-state index contributed by atoms with van der Waals surface area (Å²) in [4.78, 5) is 18.5. The number of rotatable bonds is 4. The number of hydrogen-bond acceptors (Lipinski definition) is 5. The minimum absolute atomic E-state index is 0.152. The van der Waals surface area contributed by atoms with Gasteiger partial charge in [0.15, 0.2) is 0 Å². The van der Waals surface area contributed by atoms with E-state index in [4.69, 9.17) is 11.6 Å². The Balaban J connectivity index is 2.20. The molecule has 0 saturated carbocycles. The summed E-state index contributed by atoms with van der Waals surface area (Å²) in [6.07, 6.45) is 3.04. The van der Waals surface area contributed by atoms with Gasteiger partial charge in [-0.2, -0.15) is 0 Å². The van der Waals surface area contributed by atoms with Gasteiger partial charge >= 0.3 is 5.69 Å². The van der Waals surface area contributed by atoms with Crippen LogP contribution in [0.15, 0.2) is 30.6 Å². The lowest BCUT2D eigenvalue weighted by molar-refractivity contribution is -0.384. The number of halogens is 1. The zero-order valence-electron chi connectivity index (χ0n) is 10.1. The van der Waals surface area contributed by atoms with Crippen LogP contribution < -0.4 is 5.32 Å². The Labute approximate surface area is 114 Å². The fraction of sp³-hybridized carbons (Fsp3) is 0.167. The Hall–Kier alpha value is -2.21. The first-order valence-corrected chi connectivity index (χ1v) is 5.90. The van der Waals surface area contributed by atoms with Gasteiger partial charge in [0.1, 0.15) is 0 Å². The van der Waals surface area contributed by atoms with Crippen LogP contribution in [0, 0.1) is 17.0 Å². The van der Waals surface area contributed by atoms with Gasteiger partial charge in [-0.25, -0.2) is 4.98 Å². The molecule has 0 radical (unpaired) electrons. The molecule has 0 bridgehead atoms. The number of anilines is 1. The molecule has 0 spiro atoms. The van der Waals surface area contributed by atoms with Gasteiger partial charge in [-0.05, 0) is 18.6 Å². The molecule has 0 unspecified atom stereocenters. The summed E-state index contributed by atoms with van der Waals surface area (Å²) >= 11 is 5.70. The molecule has 0 aliphatic heterocycles. The van der Waals surface area contributed by atoms with Gasteiger partial charge in [0.25, 0.3) is 0 Å². The van der Waals surface area contributed by atoms with Crippen LogP contribution in [-0.2, 0) is 6.54 Å². The molecule has 0 atom stereocenters. The van der Waals surface area contributed by atoms with Crippen LogP contribution in [0.5, 0.6) is 0 Å². The average molecular weight is 279 g/mol. The zero-order valence-corrected chi connectivity index (χ0v) is 10.9. The second-order valence-electron chi connectivity index (χ2n) is 3.90. The minimum Gasteiger partial charge on any atom is -0.359 e. The number of nitro groups is 1. The van der Waals surface area contributed by atoms with E-state index in [1.54, 1.807) is 6.20 Å². The van der Waals surface area contributed by atoms with Gasteiger partial charge in [0.2, 0.25) is 5.82 Å². The fourth-order valence-electron chi connectivity index (χ4n) is 1.57. The van der Waals surface area contributed by atoms with E-state index in [-0.39, 0.29) is 16.5 Å². The summed E-state index contributed by atoms with van der Waals surface area (Å²) in [5, 5.41) is 14.0. The van der Waals surface area contributed by atoms with Crippen molar-refractivity contribution in [2.24, 2.45) is 0 Å². The highest BCUT2D eigenvalue weighted by atomic mass is 35.5. The van der Waals surface area contributed by atoms with Crippen LogP contribution in [0.3, 0.4) is 0 Å². The van der Waals surface area contributed by atoms with Crippen molar-refractivity contribution in [1.29, 1.82) is 0 Å². The highest BCUT2D eigenvalue weighted by molar-refractivity contribution is 6.30. The molecule has 2 aromatic rings. The number of pyridine rings is 2. The van der Waals surface area contributed by atoms with Crippen LogP contribution in [0.4, 0.5) is 11.5 Å². The molecule has 1 N–H and O–H groups in total. The Kier molecular flexibility index (Phi) is 3.91. The van der Waals surface area contributed by atoms with E-state index in [0.717, 1.165) is 11.3 Å². The SMILES string of the molecule is Cc1cccnc1CNc1ncc(Cl)cc1[N+](=O)[O-]. The fourth-order valence-corrected chi connectivity index (χ4v) is 1.73. The Morgan fingerprint density at radius 2 is 2.26 bits per heavy atom. The first-order chi connectivity index (χ1) is 9.08. The first kappa shape index (κ1) is 13.2. The molecule has 2 heterocycles. The predicted molar refractivity (Wildman–Crippen MR) is 72.2 cm³/mol. The third kappa shape index (κ3) is 3.17. The summed E-state index contributed by atoms with van der Waals surface area (Å²) in [6.45, 7) is 2.29. The van der Waals surface area contributed by atoms with Crippen LogP contribution in [-0.4, -0.2) is 14.9 Å². The van der Waals surface area contributed by atoms with Crippen LogP contribution in [0.25, 0.3) is 0 Å². The molecule has 0 aromatic carbocycles. The van der Waals surface area contributed by atoms with Gasteiger partial charge in [-0.15, -0.1) is 0 Å². The molecule has 0 fully saturated rings. The van der Waals surface area contributed by atoms with Crippen LogP contribution >= 0.6 is 11.6 Å². The standard InChI is InChI=1S/C12H11ClN4O2/c1-8-3-2-4-14-10(8)7-16-12-11(17(18)19)5-9(13)6-15-12/h2-6H,7H2,1H3,(H,15,16). The lowest BCUT2D eigenvalue weighted by Crippen LogP contribution is -2.07.